The molecule has 1 aromatic heterocycles. The molecular formula is C14H12N3O2P. The van der Waals surface area contributed by atoms with Gasteiger partial charge in [-0.15, -0.1) is 9.24 Å². The second kappa shape index (κ2) is 6.65. The molecule has 1 N–H and O–H groups in total. The molecule has 2 rings (SSSR count). The summed E-state index contributed by atoms with van der Waals surface area (Å²) in [6, 6.07) is 10.8. The molecule has 1 unspecified atom stereocenters. The number of rotatable bonds is 3. The molecule has 0 aliphatic heterocycles. The third kappa shape index (κ3) is 3.53. The van der Waals surface area contributed by atoms with Crippen molar-refractivity contribution in [1.29, 1.82) is 5.26 Å². The zero-order valence-electron chi connectivity index (χ0n) is 10.5. The number of ether oxygens (including phenoxy) is 1. The van der Waals surface area contributed by atoms with Gasteiger partial charge in [-0.1, -0.05) is 12.1 Å². The average molecular weight is 285 g/mol. The third-order valence-corrected chi connectivity index (χ3v) is 2.70. The second-order valence-electron chi connectivity index (χ2n) is 3.87. The summed E-state index contributed by atoms with van der Waals surface area (Å²) in [5.74, 6) is 0.431. The Morgan fingerprint density at radius 1 is 1.35 bits per heavy atom. The number of benzene rings is 1. The lowest BCUT2D eigenvalue weighted by molar-refractivity contribution is 0.202. The van der Waals surface area contributed by atoms with Crippen LogP contribution in [0.5, 0.6) is 5.75 Å². The van der Waals surface area contributed by atoms with E-state index in [0.717, 1.165) is 11.1 Å². The van der Waals surface area contributed by atoms with Crippen molar-refractivity contribution in [3.63, 3.8) is 0 Å². The van der Waals surface area contributed by atoms with Crippen molar-refractivity contribution < 1.29 is 9.53 Å². The number of hydrogen-bond acceptors (Lipinski definition) is 4. The van der Waals surface area contributed by atoms with Crippen molar-refractivity contribution in [2.75, 3.05) is 6.29 Å². The highest BCUT2D eigenvalue weighted by Crippen LogP contribution is 2.23. The Hall–Kier alpha value is -2.44. The molecule has 0 saturated carbocycles. The van der Waals surface area contributed by atoms with E-state index in [1.165, 1.54) is 6.20 Å². The van der Waals surface area contributed by atoms with E-state index in [1.807, 2.05) is 12.1 Å². The van der Waals surface area contributed by atoms with Gasteiger partial charge < -0.3 is 10.1 Å². The van der Waals surface area contributed by atoms with Crippen molar-refractivity contribution in [2.24, 2.45) is 0 Å². The monoisotopic (exact) mass is 285 g/mol. The van der Waals surface area contributed by atoms with Gasteiger partial charge >= 0.3 is 6.09 Å². The van der Waals surface area contributed by atoms with Crippen molar-refractivity contribution in [3.8, 4) is 22.9 Å². The molecule has 100 valence electrons. The number of nitrogens with one attached hydrogen (secondary N) is 1. The van der Waals surface area contributed by atoms with Crippen LogP contribution in [-0.4, -0.2) is 17.4 Å². The highest BCUT2D eigenvalue weighted by molar-refractivity contribution is 7.16. The number of carbonyl (C=O) groups is 1. The first-order chi connectivity index (χ1) is 9.72. The van der Waals surface area contributed by atoms with Gasteiger partial charge in [-0.05, 0) is 23.8 Å². The summed E-state index contributed by atoms with van der Waals surface area (Å²) < 4.78 is 5.12. The van der Waals surface area contributed by atoms with E-state index in [0.29, 0.717) is 17.6 Å². The molecule has 0 bridgehead atoms. The molecule has 6 heteroatoms. The van der Waals surface area contributed by atoms with E-state index in [1.54, 1.807) is 30.5 Å². The van der Waals surface area contributed by atoms with Gasteiger partial charge in [0.15, 0.2) is 0 Å². The van der Waals surface area contributed by atoms with E-state index >= 15 is 0 Å². The van der Waals surface area contributed by atoms with Gasteiger partial charge in [0, 0.05) is 24.2 Å². The fraction of sp³-hybridized carbons (Fsp3) is 0.0714. The Morgan fingerprint density at radius 3 is 2.95 bits per heavy atom. The highest BCUT2D eigenvalue weighted by Gasteiger charge is 2.05. The van der Waals surface area contributed by atoms with E-state index in [4.69, 9.17) is 10.00 Å². The van der Waals surface area contributed by atoms with Gasteiger partial charge in [0.1, 0.15) is 11.8 Å². The van der Waals surface area contributed by atoms with Gasteiger partial charge in [-0.2, -0.15) is 5.26 Å². The molecule has 0 fully saturated rings. The summed E-state index contributed by atoms with van der Waals surface area (Å²) in [4.78, 5) is 15.4. The minimum absolute atomic E-state index is 0.423. The fourth-order valence-electron chi connectivity index (χ4n) is 1.62. The van der Waals surface area contributed by atoms with Crippen molar-refractivity contribution in [3.05, 3.63) is 48.3 Å². The zero-order chi connectivity index (χ0) is 14.4. The molecule has 0 aliphatic carbocycles. The summed E-state index contributed by atoms with van der Waals surface area (Å²) in [5.41, 5.74) is 2.10. The zero-order valence-corrected chi connectivity index (χ0v) is 11.7. The van der Waals surface area contributed by atoms with Crippen LogP contribution in [0.1, 0.15) is 5.56 Å². The largest absolute Gasteiger partial charge is 0.412 e. The number of pyridine rings is 1. The van der Waals surface area contributed by atoms with Crippen molar-refractivity contribution in [1.82, 2.24) is 10.3 Å². The lowest BCUT2D eigenvalue weighted by Gasteiger charge is -2.07. The SMILES string of the molecule is N#Cc1cncc(-c2cccc(OC(=O)NCP)c2)c1. The molecule has 20 heavy (non-hydrogen) atoms. The number of nitriles is 1. The molecule has 2 aromatic rings. The number of carbonyl (C=O) groups excluding carboxylic acids is 1. The molecule has 1 atom stereocenters. The average Bonchev–Trinajstić information content (AvgIpc) is 2.48. The minimum atomic E-state index is -0.513. The maximum absolute atomic E-state index is 11.4. The minimum Gasteiger partial charge on any atom is -0.410 e. The number of nitrogens with zero attached hydrogens (tertiary/aromatic N) is 2. The van der Waals surface area contributed by atoms with Crippen molar-refractivity contribution >= 4 is 15.3 Å². The van der Waals surface area contributed by atoms with Crippen LogP contribution in [0.2, 0.25) is 0 Å². The predicted molar refractivity (Wildman–Crippen MR) is 78.1 cm³/mol. The topological polar surface area (TPSA) is 75.0 Å². The molecule has 0 radical (unpaired) electrons. The molecule has 0 spiro atoms. The Kier molecular flexibility index (Phi) is 4.65. The van der Waals surface area contributed by atoms with Gasteiger partial charge in [-0.3, -0.25) is 4.98 Å². The molecule has 1 aromatic carbocycles. The summed E-state index contributed by atoms with van der Waals surface area (Å²) in [7, 11) is 2.38. The number of hydrogen-bond donors (Lipinski definition) is 1. The first-order valence-electron chi connectivity index (χ1n) is 5.84. The van der Waals surface area contributed by atoms with Crippen LogP contribution < -0.4 is 10.1 Å². The van der Waals surface area contributed by atoms with Gasteiger partial charge in [-0.25, -0.2) is 4.79 Å². The van der Waals surface area contributed by atoms with Crippen LogP contribution in [0.3, 0.4) is 0 Å². The van der Waals surface area contributed by atoms with Gasteiger partial charge in [0.05, 0.1) is 5.56 Å². The number of amides is 1. The van der Waals surface area contributed by atoms with Gasteiger partial charge in [0.25, 0.3) is 0 Å². The highest BCUT2D eigenvalue weighted by atomic mass is 31.0. The Morgan fingerprint density at radius 2 is 2.20 bits per heavy atom. The van der Waals surface area contributed by atoms with Crippen molar-refractivity contribution in [2.45, 2.75) is 0 Å². The molecule has 0 saturated heterocycles. The summed E-state index contributed by atoms with van der Waals surface area (Å²) in [6.45, 7) is 0. The van der Waals surface area contributed by atoms with Crippen LogP contribution >= 0.6 is 9.24 Å². The van der Waals surface area contributed by atoms with E-state index in [-0.39, 0.29) is 0 Å². The van der Waals surface area contributed by atoms with Crippen LogP contribution in [-0.2, 0) is 0 Å². The molecule has 1 amide bonds. The van der Waals surface area contributed by atoms with E-state index in [2.05, 4.69) is 19.5 Å². The van der Waals surface area contributed by atoms with Crippen LogP contribution in [0.25, 0.3) is 11.1 Å². The normalized spacial score (nSPS) is 9.60. The second-order valence-corrected chi connectivity index (χ2v) is 4.28. The maximum Gasteiger partial charge on any atom is 0.412 e. The fourth-order valence-corrected chi connectivity index (χ4v) is 1.79. The summed E-state index contributed by atoms with van der Waals surface area (Å²) in [5, 5.41) is 11.4. The Bertz CT molecular complexity index is 667. The van der Waals surface area contributed by atoms with Crippen LogP contribution in [0.15, 0.2) is 42.7 Å². The summed E-state index contributed by atoms with van der Waals surface area (Å²) >= 11 is 0. The first-order valence-corrected chi connectivity index (χ1v) is 6.66. The van der Waals surface area contributed by atoms with E-state index < -0.39 is 6.09 Å². The Balaban J connectivity index is 2.25. The Labute approximate surface area is 118 Å². The maximum atomic E-state index is 11.4. The summed E-state index contributed by atoms with van der Waals surface area (Å²) in [6.07, 6.45) is 3.06. The molecular weight excluding hydrogens is 273 g/mol. The standard InChI is InChI=1S/C14H12N3O2P/c15-6-10-4-12(8-16-7-10)11-2-1-3-13(5-11)19-14(18)17-9-20/h1-5,7-8H,9,20H2,(H,17,18). The smallest absolute Gasteiger partial charge is 0.410 e. The lowest BCUT2D eigenvalue weighted by Crippen LogP contribution is -2.25. The lowest BCUT2D eigenvalue weighted by atomic mass is 10.1. The quantitative estimate of drug-likeness (QED) is 0.879. The van der Waals surface area contributed by atoms with E-state index in [9.17, 15) is 4.79 Å². The number of aromatic nitrogens is 1. The van der Waals surface area contributed by atoms with Gasteiger partial charge in [0.2, 0.25) is 0 Å². The molecule has 5 nitrogen and oxygen atoms in total. The predicted octanol–water partition coefficient (Wildman–Crippen LogP) is 2.54. The molecule has 1 heterocycles. The third-order valence-electron chi connectivity index (χ3n) is 2.49. The van der Waals surface area contributed by atoms with Crippen LogP contribution in [0, 0.1) is 11.3 Å². The first kappa shape index (κ1) is 14.0. The van der Waals surface area contributed by atoms with Crippen LogP contribution in [0.4, 0.5) is 4.79 Å². The molecule has 0 aliphatic rings.